The number of hydrogen-bond donors (Lipinski definition) is 0. The largest absolute Gasteiger partial charge is 0.355 e. The average Bonchev–Trinajstić information content (AvgIpc) is 3.15. The molecule has 1 fully saturated rings. The van der Waals surface area contributed by atoms with Gasteiger partial charge in [-0.2, -0.15) is 0 Å². The Hall–Kier alpha value is -2.43. The Morgan fingerprint density at radius 2 is 2.04 bits per heavy atom. The Kier molecular flexibility index (Phi) is 4.55. The van der Waals surface area contributed by atoms with Crippen LogP contribution in [0.2, 0.25) is 0 Å². The molecular weight excluding hydrogens is 288 g/mol. The minimum Gasteiger partial charge on any atom is -0.355 e. The normalized spacial score (nSPS) is 14.1. The van der Waals surface area contributed by atoms with E-state index in [1.807, 2.05) is 26.1 Å². The van der Waals surface area contributed by atoms with Gasteiger partial charge in [0.05, 0.1) is 5.69 Å². The first-order valence-electron chi connectivity index (χ1n) is 8.13. The first-order valence-corrected chi connectivity index (χ1v) is 8.13. The molecule has 3 rings (SSSR count). The van der Waals surface area contributed by atoms with E-state index >= 15 is 0 Å². The number of amides is 1. The Labute approximate surface area is 137 Å². The summed E-state index contributed by atoms with van der Waals surface area (Å²) in [7, 11) is 1.82. The number of carbonyl (C=O) groups excluding carboxylic acids is 1. The predicted octanol–water partition coefficient (Wildman–Crippen LogP) is 2.92. The van der Waals surface area contributed by atoms with Gasteiger partial charge in [-0.05, 0) is 43.0 Å². The average molecular weight is 310 g/mol. The lowest BCUT2D eigenvalue weighted by Crippen LogP contribution is -2.30. The van der Waals surface area contributed by atoms with Gasteiger partial charge in [0.2, 0.25) is 0 Å². The van der Waals surface area contributed by atoms with Crippen molar-refractivity contribution < 1.29 is 4.79 Å². The zero-order valence-corrected chi connectivity index (χ0v) is 13.7. The molecule has 0 unspecified atom stereocenters. The monoisotopic (exact) mass is 310 g/mol. The molecule has 0 bridgehead atoms. The molecular formula is C18H22N4O. The highest BCUT2D eigenvalue weighted by Crippen LogP contribution is 2.29. The minimum absolute atomic E-state index is 0.0160. The molecule has 1 aliphatic rings. The number of aromatic nitrogens is 2. The summed E-state index contributed by atoms with van der Waals surface area (Å²) in [4.78, 5) is 25.5. The van der Waals surface area contributed by atoms with Crippen LogP contribution in [0.4, 0.5) is 11.5 Å². The first-order chi connectivity index (χ1) is 11.2. The van der Waals surface area contributed by atoms with Gasteiger partial charge >= 0.3 is 0 Å². The fourth-order valence-electron chi connectivity index (χ4n) is 3.03. The third-order valence-corrected chi connectivity index (χ3v) is 4.35. The van der Waals surface area contributed by atoms with E-state index in [0.717, 1.165) is 36.6 Å². The van der Waals surface area contributed by atoms with Gasteiger partial charge in [0.25, 0.3) is 5.91 Å². The van der Waals surface area contributed by atoms with E-state index in [9.17, 15) is 4.79 Å². The van der Waals surface area contributed by atoms with Crippen LogP contribution in [0.3, 0.4) is 0 Å². The van der Waals surface area contributed by atoms with Crippen LogP contribution in [0.5, 0.6) is 0 Å². The summed E-state index contributed by atoms with van der Waals surface area (Å²) in [5, 5.41) is 0. The molecule has 23 heavy (non-hydrogen) atoms. The number of carbonyl (C=O) groups is 1. The second kappa shape index (κ2) is 6.77. The molecule has 0 aromatic carbocycles. The van der Waals surface area contributed by atoms with Crippen molar-refractivity contribution in [2.45, 2.75) is 26.2 Å². The van der Waals surface area contributed by atoms with Gasteiger partial charge in [-0.15, -0.1) is 0 Å². The van der Waals surface area contributed by atoms with Crippen LogP contribution in [-0.4, -0.2) is 36.0 Å². The highest BCUT2D eigenvalue weighted by atomic mass is 16.2. The van der Waals surface area contributed by atoms with E-state index in [-0.39, 0.29) is 5.91 Å². The first kappa shape index (κ1) is 15.5. The number of anilines is 2. The predicted molar refractivity (Wildman–Crippen MR) is 92.0 cm³/mol. The molecule has 120 valence electrons. The maximum Gasteiger partial charge on any atom is 0.258 e. The van der Waals surface area contributed by atoms with E-state index in [4.69, 9.17) is 0 Å². The topological polar surface area (TPSA) is 49.3 Å². The third kappa shape index (κ3) is 3.04. The third-order valence-electron chi connectivity index (χ3n) is 4.35. The van der Waals surface area contributed by atoms with Crippen molar-refractivity contribution in [1.82, 2.24) is 9.97 Å². The van der Waals surface area contributed by atoms with Crippen molar-refractivity contribution in [3.63, 3.8) is 0 Å². The van der Waals surface area contributed by atoms with Crippen LogP contribution in [0.15, 0.2) is 36.8 Å². The Morgan fingerprint density at radius 3 is 2.78 bits per heavy atom. The van der Waals surface area contributed by atoms with Crippen LogP contribution in [0.1, 0.15) is 35.7 Å². The second-order valence-electron chi connectivity index (χ2n) is 5.79. The summed E-state index contributed by atoms with van der Waals surface area (Å²) in [6.45, 7) is 4.04. The van der Waals surface area contributed by atoms with Crippen molar-refractivity contribution in [3.05, 3.63) is 47.9 Å². The van der Waals surface area contributed by atoms with Gasteiger partial charge < -0.3 is 9.80 Å². The van der Waals surface area contributed by atoms with E-state index in [1.54, 1.807) is 29.6 Å². The molecule has 1 amide bonds. The van der Waals surface area contributed by atoms with Gasteiger partial charge in [-0.25, -0.2) is 4.98 Å². The van der Waals surface area contributed by atoms with Gasteiger partial charge in [0, 0.05) is 44.3 Å². The van der Waals surface area contributed by atoms with Crippen LogP contribution in [-0.2, 0) is 6.42 Å². The Balaban J connectivity index is 1.94. The summed E-state index contributed by atoms with van der Waals surface area (Å²) in [5.74, 6) is 0.880. The van der Waals surface area contributed by atoms with Crippen LogP contribution >= 0.6 is 0 Å². The zero-order valence-electron chi connectivity index (χ0n) is 13.7. The number of aryl methyl sites for hydroxylation is 1. The van der Waals surface area contributed by atoms with E-state index < -0.39 is 0 Å². The highest BCUT2D eigenvalue weighted by Gasteiger charge is 2.23. The fraction of sp³-hybridized carbons (Fsp3) is 0.389. The SMILES string of the molecule is CCc1cnccc1C(=O)N(C)c1cccnc1N1CCCC1. The Bertz CT molecular complexity index is 695. The van der Waals surface area contributed by atoms with Crippen molar-refractivity contribution in [2.75, 3.05) is 29.9 Å². The summed E-state index contributed by atoms with van der Waals surface area (Å²) >= 11 is 0. The summed E-state index contributed by atoms with van der Waals surface area (Å²) < 4.78 is 0. The molecule has 2 aromatic heterocycles. The zero-order chi connectivity index (χ0) is 16.2. The lowest BCUT2D eigenvalue weighted by molar-refractivity contribution is 0.0992. The highest BCUT2D eigenvalue weighted by molar-refractivity contribution is 6.08. The van der Waals surface area contributed by atoms with Crippen molar-refractivity contribution in [2.24, 2.45) is 0 Å². The van der Waals surface area contributed by atoms with E-state index in [1.165, 1.54) is 12.8 Å². The van der Waals surface area contributed by atoms with Gasteiger partial charge in [-0.1, -0.05) is 6.92 Å². The van der Waals surface area contributed by atoms with E-state index in [0.29, 0.717) is 5.56 Å². The molecule has 0 saturated carbocycles. The molecule has 1 saturated heterocycles. The van der Waals surface area contributed by atoms with Crippen molar-refractivity contribution >= 4 is 17.4 Å². The van der Waals surface area contributed by atoms with Crippen LogP contribution in [0.25, 0.3) is 0 Å². The van der Waals surface area contributed by atoms with Gasteiger partial charge in [-0.3, -0.25) is 9.78 Å². The lowest BCUT2D eigenvalue weighted by Gasteiger charge is -2.25. The molecule has 0 spiro atoms. The molecule has 0 N–H and O–H groups in total. The maximum atomic E-state index is 12.9. The smallest absolute Gasteiger partial charge is 0.258 e. The van der Waals surface area contributed by atoms with Gasteiger partial charge in [0.15, 0.2) is 5.82 Å². The molecule has 1 aliphatic heterocycles. The molecule has 0 radical (unpaired) electrons. The quantitative estimate of drug-likeness (QED) is 0.871. The molecule has 3 heterocycles. The standard InChI is InChI=1S/C18H22N4O/c1-3-14-13-19-10-8-15(14)18(23)21(2)16-7-6-9-20-17(16)22-11-4-5-12-22/h6-10,13H,3-5,11-12H2,1-2H3. The van der Waals surface area contributed by atoms with Crippen molar-refractivity contribution in [1.29, 1.82) is 0 Å². The summed E-state index contributed by atoms with van der Waals surface area (Å²) in [6.07, 6.45) is 8.38. The van der Waals surface area contributed by atoms with Gasteiger partial charge in [0.1, 0.15) is 0 Å². The summed E-state index contributed by atoms with van der Waals surface area (Å²) in [5.41, 5.74) is 2.54. The van der Waals surface area contributed by atoms with E-state index in [2.05, 4.69) is 14.9 Å². The Morgan fingerprint density at radius 1 is 1.26 bits per heavy atom. The fourth-order valence-corrected chi connectivity index (χ4v) is 3.03. The minimum atomic E-state index is -0.0160. The molecule has 2 aromatic rings. The summed E-state index contributed by atoms with van der Waals surface area (Å²) in [6, 6.07) is 5.64. The molecule has 5 heteroatoms. The van der Waals surface area contributed by atoms with Crippen LogP contribution in [0, 0.1) is 0 Å². The molecule has 0 atom stereocenters. The van der Waals surface area contributed by atoms with Crippen molar-refractivity contribution in [3.8, 4) is 0 Å². The maximum absolute atomic E-state index is 12.9. The lowest BCUT2D eigenvalue weighted by atomic mass is 10.1. The number of nitrogens with zero attached hydrogens (tertiary/aromatic N) is 4. The molecule has 5 nitrogen and oxygen atoms in total. The number of pyridine rings is 2. The second-order valence-corrected chi connectivity index (χ2v) is 5.79. The molecule has 0 aliphatic carbocycles. The van der Waals surface area contributed by atoms with Crippen LogP contribution < -0.4 is 9.80 Å². The number of hydrogen-bond acceptors (Lipinski definition) is 4. The number of rotatable bonds is 4.